The molecule has 0 saturated carbocycles. The Labute approximate surface area is 215 Å². The summed E-state index contributed by atoms with van der Waals surface area (Å²) < 4.78 is 77.2. The lowest BCUT2D eigenvalue weighted by Crippen LogP contribution is -2.55. The first-order chi connectivity index (χ1) is 16.4. The van der Waals surface area contributed by atoms with E-state index in [1.807, 2.05) is 0 Å². The molecule has 0 radical (unpaired) electrons. The van der Waals surface area contributed by atoms with Crippen LogP contribution in [0.5, 0.6) is 23.0 Å². The zero-order valence-corrected chi connectivity index (χ0v) is 22.9. The van der Waals surface area contributed by atoms with Crippen LogP contribution in [0.25, 0.3) is 0 Å². The van der Waals surface area contributed by atoms with Gasteiger partial charge in [0, 0.05) is 49.9 Å². The Kier molecular flexibility index (Phi) is 8.34. The first kappa shape index (κ1) is 27.6. The van der Waals surface area contributed by atoms with Crippen LogP contribution in [-0.4, -0.2) is 79.6 Å². The molecule has 0 amide bonds. The minimum Gasteiger partial charge on any atom is -0.495 e. The van der Waals surface area contributed by atoms with Crippen LogP contribution in [0.3, 0.4) is 0 Å². The van der Waals surface area contributed by atoms with E-state index in [2.05, 4.69) is 0 Å². The van der Waals surface area contributed by atoms with Crippen molar-refractivity contribution in [3.8, 4) is 23.0 Å². The monoisotopic (exact) mass is 568 g/mol. The Bertz CT molecular complexity index is 1320. The molecular weight excluding hydrogens is 543 g/mol. The van der Waals surface area contributed by atoms with Crippen LogP contribution in [0.4, 0.5) is 0 Å². The second kappa shape index (κ2) is 10.6. The number of halogens is 2. The van der Waals surface area contributed by atoms with Crippen molar-refractivity contribution in [2.24, 2.45) is 0 Å². The lowest BCUT2D eigenvalue weighted by atomic mass is 10.3. The third kappa shape index (κ3) is 5.13. The van der Waals surface area contributed by atoms with Crippen molar-refractivity contribution in [3.05, 3.63) is 34.3 Å². The summed E-state index contributed by atoms with van der Waals surface area (Å²) >= 11 is 12.2. The third-order valence-corrected chi connectivity index (χ3v) is 10.1. The summed E-state index contributed by atoms with van der Waals surface area (Å²) in [5.41, 5.74) is 0. The number of benzene rings is 2. The normalized spacial score (nSPS) is 17.7. The van der Waals surface area contributed by atoms with Gasteiger partial charge in [-0.2, -0.15) is 8.61 Å². The topological polar surface area (TPSA) is 112 Å². The summed E-state index contributed by atoms with van der Waals surface area (Å²) in [6, 6.07) is 4.60. The van der Waals surface area contributed by atoms with Crippen LogP contribution < -0.4 is 18.9 Å². The average Bonchev–Trinajstić information content (AvgIpc) is 2.82. The second-order valence-corrected chi connectivity index (χ2v) is 12.2. The van der Waals surface area contributed by atoms with Crippen molar-refractivity contribution < 1.29 is 35.8 Å². The molecule has 0 N–H and O–H groups in total. The maximum atomic E-state index is 13.5. The fourth-order valence-corrected chi connectivity index (χ4v) is 7.71. The van der Waals surface area contributed by atoms with E-state index in [1.54, 1.807) is 6.92 Å². The summed E-state index contributed by atoms with van der Waals surface area (Å²) in [5, 5.41) is 0.388. The first-order valence-corrected chi connectivity index (χ1v) is 13.9. The molecule has 35 heavy (non-hydrogen) atoms. The maximum Gasteiger partial charge on any atom is 0.247 e. The number of nitrogens with zero attached hydrogens (tertiary/aromatic N) is 2. The van der Waals surface area contributed by atoms with Crippen LogP contribution in [0.1, 0.15) is 6.92 Å². The van der Waals surface area contributed by atoms with Crippen LogP contribution in [0.2, 0.25) is 10.0 Å². The van der Waals surface area contributed by atoms with Crippen molar-refractivity contribution >= 4 is 43.2 Å². The van der Waals surface area contributed by atoms with Crippen LogP contribution in [0, 0.1) is 0 Å². The summed E-state index contributed by atoms with van der Waals surface area (Å²) in [4.78, 5) is -0.262. The third-order valence-electron chi connectivity index (χ3n) is 5.61. The largest absolute Gasteiger partial charge is 0.495 e. The average molecular weight is 569 g/mol. The second-order valence-electron chi connectivity index (χ2n) is 7.60. The van der Waals surface area contributed by atoms with Gasteiger partial charge in [0.1, 0.15) is 32.8 Å². The van der Waals surface area contributed by atoms with Gasteiger partial charge in [-0.05, 0) is 6.92 Å². The number of rotatable bonds is 8. The van der Waals surface area contributed by atoms with Gasteiger partial charge in [0.15, 0.2) is 0 Å². The van der Waals surface area contributed by atoms with E-state index in [0.29, 0.717) is 0 Å². The van der Waals surface area contributed by atoms with Gasteiger partial charge in [-0.15, -0.1) is 0 Å². The molecule has 2 aromatic carbocycles. The van der Waals surface area contributed by atoms with Gasteiger partial charge in [-0.1, -0.05) is 23.2 Å². The van der Waals surface area contributed by atoms with Crippen LogP contribution in [-0.2, 0) is 20.0 Å². The molecule has 1 aliphatic rings. The van der Waals surface area contributed by atoms with E-state index in [4.69, 9.17) is 42.1 Å². The summed E-state index contributed by atoms with van der Waals surface area (Å²) in [7, 11) is -2.74. The Morgan fingerprint density at radius 3 is 1.54 bits per heavy atom. The van der Waals surface area contributed by atoms with Crippen LogP contribution in [0.15, 0.2) is 34.1 Å². The fourth-order valence-electron chi connectivity index (χ4n) is 3.82. The summed E-state index contributed by atoms with van der Waals surface area (Å²) in [6.07, 6.45) is 0. The lowest BCUT2D eigenvalue weighted by molar-refractivity contribution is 0.211. The highest BCUT2D eigenvalue weighted by molar-refractivity contribution is 7.89. The van der Waals surface area contributed by atoms with E-state index in [1.165, 1.54) is 61.3 Å². The Balaban J connectivity index is 1.95. The first-order valence-electron chi connectivity index (χ1n) is 10.3. The Morgan fingerprint density at radius 1 is 0.714 bits per heavy atom. The number of methoxy groups -OCH3 is 4. The number of piperazine rings is 1. The molecule has 1 unspecified atom stereocenters. The Hall–Kier alpha value is -1.96. The van der Waals surface area contributed by atoms with Crippen molar-refractivity contribution in [3.63, 3.8) is 0 Å². The van der Waals surface area contributed by atoms with E-state index in [9.17, 15) is 16.8 Å². The fraction of sp³-hybridized carbons (Fsp3) is 0.429. The molecule has 194 valence electrons. The van der Waals surface area contributed by atoms with Gasteiger partial charge < -0.3 is 18.9 Å². The van der Waals surface area contributed by atoms with Crippen molar-refractivity contribution in [1.82, 2.24) is 8.61 Å². The van der Waals surface area contributed by atoms with E-state index in [-0.39, 0.29) is 62.5 Å². The predicted molar refractivity (Wildman–Crippen MR) is 131 cm³/mol. The van der Waals surface area contributed by atoms with E-state index in [0.717, 1.165) is 0 Å². The zero-order chi connectivity index (χ0) is 26.1. The quantitative estimate of drug-likeness (QED) is 0.477. The zero-order valence-electron chi connectivity index (χ0n) is 19.7. The standard InChI is InChI=1S/C21H26Cl2N2O8S2/c1-13-12-24(34(26,27)20-10-16(30-2)14(22)8-18(20)32-4)6-7-25(13)35(28,29)21-11-17(31-3)15(23)9-19(21)33-5/h8-11,13H,6-7,12H2,1-5H3. The molecule has 1 saturated heterocycles. The van der Waals surface area contributed by atoms with Crippen LogP contribution >= 0.6 is 23.2 Å². The highest BCUT2D eigenvalue weighted by Crippen LogP contribution is 2.39. The molecule has 0 aromatic heterocycles. The van der Waals surface area contributed by atoms with Gasteiger partial charge in [-0.25, -0.2) is 16.8 Å². The molecule has 1 fully saturated rings. The molecule has 1 heterocycles. The minimum atomic E-state index is -4.08. The highest BCUT2D eigenvalue weighted by atomic mass is 35.5. The van der Waals surface area contributed by atoms with Crippen molar-refractivity contribution in [2.75, 3.05) is 48.1 Å². The van der Waals surface area contributed by atoms with Gasteiger partial charge in [0.2, 0.25) is 20.0 Å². The molecule has 3 rings (SSSR count). The number of ether oxygens (including phenoxy) is 4. The molecule has 0 spiro atoms. The molecule has 0 aliphatic carbocycles. The van der Waals surface area contributed by atoms with E-state index < -0.39 is 26.1 Å². The lowest BCUT2D eigenvalue weighted by Gasteiger charge is -2.38. The maximum absolute atomic E-state index is 13.5. The molecule has 14 heteroatoms. The van der Waals surface area contributed by atoms with Gasteiger partial charge in [0.25, 0.3) is 0 Å². The highest BCUT2D eigenvalue weighted by Gasteiger charge is 2.40. The summed E-state index contributed by atoms with van der Waals surface area (Å²) in [5.74, 6) is 0.445. The molecule has 2 aromatic rings. The van der Waals surface area contributed by atoms with Gasteiger partial charge >= 0.3 is 0 Å². The summed E-state index contributed by atoms with van der Waals surface area (Å²) in [6.45, 7) is 1.35. The number of hydrogen-bond acceptors (Lipinski definition) is 8. The molecule has 10 nitrogen and oxygen atoms in total. The van der Waals surface area contributed by atoms with Gasteiger partial charge in [-0.3, -0.25) is 0 Å². The van der Waals surface area contributed by atoms with E-state index >= 15 is 0 Å². The molecular formula is C21H26Cl2N2O8S2. The molecule has 1 atom stereocenters. The number of sulfonamides is 2. The van der Waals surface area contributed by atoms with Gasteiger partial charge in [0.05, 0.1) is 38.5 Å². The molecule has 0 bridgehead atoms. The number of hydrogen-bond donors (Lipinski definition) is 0. The molecule has 1 aliphatic heterocycles. The van der Waals surface area contributed by atoms with Crippen molar-refractivity contribution in [2.45, 2.75) is 22.8 Å². The van der Waals surface area contributed by atoms with Crippen molar-refractivity contribution in [1.29, 1.82) is 0 Å². The Morgan fingerprint density at radius 2 is 1.14 bits per heavy atom. The minimum absolute atomic E-state index is 0.0519. The smallest absolute Gasteiger partial charge is 0.247 e. The SMILES string of the molecule is COc1cc(S(=O)(=O)N2CCN(S(=O)(=O)c3cc(OC)c(Cl)cc3OC)C(C)C2)c(OC)cc1Cl. The predicted octanol–water partition coefficient (Wildman–Crippen LogP) is 3.11.